The number of carbonyl (C=O) groups is 1. The molecule has 0 fully saturated rings. The fourth-order valence-electron chi connectivity index (χ4n) is 2.78. The van der Waals surface area contributed by atoms with E-state index in [1.54, 1.807) is 0 Å². The molecule has 2 rings (SSSR count). The van der Waals surface area contributed by atoms with Crippen LogP contribution in [-0.4, -0.2) is 10.5 Å². The Morgan fingerprint density at radius 1 is 1.08 bits per heavy atom. The van der Waals surface area contributed by atoms with E-state index in [1.807, 2.05) is 67.6 Å². The van der Waals surface area contributed by atoms with Gasteiger partial charge in [0.25, 0.3) is 0 Å². The Bertz CT molecular complexity index is 717. The Labute approximate surface area is 153 Å². The molecule has 0 spiro atoms. The predicted molar refractivity (Wildman–Crippen MR) is 106 cm³/mol. The molecule has 0 radical (unpaired) electrons. The minimum Gasteiger partial charge on any atom is -0.303 e. The third-order valence-corrected chi connectivity index (χ3v) is 5.83. The zero-order chi connectivity index (χ0) is 18.1. The highest BCUT2D eigenvalue weighted by Crippen LogP contribution is 2.30. The summed E-state index contributed by atoms with van der Waals surface area (Å²) in [7, 11) is -1.26. The van der Waals surface area contributed by atoms with Crippen molar-refractivity contribution in [3.63, 3.8) is 0 Å². The van der Waals surface area contributed by atoms with E-state index >= 15 is 0 Å². The maximum atomic E-state index is 13.3. The van der Waals surface area contributed by atoms with Gasteiger partial charge in [-0.2, -0.15) is 0 Å². The van der Waals surface area contributed by atoms with E-state index in [-0.39, 0.29) is 5.92 Å². The summed E-state index contributed by atoms with van der Waals surface area (Å²) < 4.78 is 13.3. The van der Waals surface area contributed by atoms with Crippen LogP contribution < -0.4 is 0 Å². The second kappa shape index (κ2) is 10.1. The zero-order valence-corrected chi connectivity index (χ0v) is 15.8. The number of unbranched alkanes of at least 4 members (excludes halogenated alkanes) is 1. The quantitative estimate of drug-likeness (QED) is 0.554. The Balaban J connectivity index is 2.42. The van der Waals surface area contributed by atoms with E-state index in [9.17, 15) is 9.00 Å². The van der Waals surface area contributed by atoms with Crippen LogP contribution in [0.25, 0.3) is 6.08 Å². The molecule has 0 amide bonds. The van der Waals surface area contributed by atoms with Gasteiger partial charge in [-0.1, -0.05) is 67.8 Å². The molecule has 0 aliphatic rings. The summed E-state index contributed by atoms with van der Waals surface area (Å²) >= 11 is 0. The van der Waals surface area contributed by atoms with Crippen molar-refractivity contribution in [2.45, 2.75) is 44.4 Å². The monoisotopic (exact) mass is 354 g/mol. The van der Waals surface area contributed by atoms with E-state index < -0.39 is 10.8 Å². The normalized spacial score (nSPS) is 14.1. The SMILES string of the molecule is CCCC[C@@H](CC=O)/C(=C\c1ccccc1)S(=O)c1ccc(C)cc1. The first-order valence-corrected chi connectivity index (χ1v) is 9.99. The smallest absolute Gasteiger partial charge is 0.120 e. The molecule has 0 aliphatic heterocycles. The van der Waals surface area contributed by atoms with Crippen molar-refractivity contribution in [2.75, 3.05) is 0 Å². The van der Waals surface area contributed by atoms with Gasteiger partial charge in [-0.15, -0.1) is 0 Å². The first kappa shape index (κ1) is 19.3. The van der Waals surface area contributed by atoms with Crippen molar-refractivity contribution in [3.8, 4) is 0 Å². The van der Waals surface area contributed by atoms with Crippen LogP contribution in [0.1, 0.15) is 43.7 Å². The summed E-state index contributed by atoms with van der Waals surface area (Å²) in [6.45, 7) is 4.15. The molecular weight excluding hydrogens is 328 g/mol. The van der Waals surface area contributed by atoms with E-state index in [2.05, 4.69) is 6.92 Å². The Kier molecular flexibility index (Phi) is 7.80. The molecule has 0 heterocycles. The molecule has 132 valence electrons. The number of aryl methyl sites for hydroxylation is 1. The first-order valence-electron chi connectivity index (χ1n) is 8.84. The van der Waals surface area contributed by atoms with Gasteiger partial charge >= 0.3 is 0 Å². The fourth-order valence-corrected chi connectivity index (χ4v) is 4.19. The molecular formula is C22H26O2S. The number of aldehydes is 1. The van der Waals surface area contributed by atoms with Crippen molar-refractivity contribution in [2.24, 2.45) is 5.92 Å². The van der Waals surface area contributed by atoms with Gasteiger partial charge in [0.2, 0.25) is 0 Å². The molecule has 2 atom stereocenters. The number of carbonyl (C=O) groups excluding carboxylic acids is 1. The molecule has 0 aromatic heterocycles. The van der Waals surface area contributed by atoms with Gasteiger partial charge in [0.05, 0.1) is 10.8 Å². The van der Waals surface area contributed by atoms with Gasteiger partial charge in [0, 0.05) is 16.2 Å². The lowest BCUT2D eigenvalue weighted by Gasteiger charge is -2.18. The van der Waals surface area contributed by atoms with Crippen molar-refractivity contribution in [3.05, 3.63) is 70.6 Å². The molecule has 3 heteroatoms. The lowest BCUT2D eigenvalue weighted by Crippen LogP contribution is -2.11. The van der Waals surface area contributed by atoms with Gasteiger partial charge in [-0.3, -0.25) is 0 Å². The zero-order valence-electron chi connectivity index (χ0n) is 15.0. The molecule has 0 aliphatic carbocycles. The molecule has 0 N–H and O–H groups in total. The van der Waals surface area contributed by atoms with E-state index in [1.165, 1.54) is 0 Å². The van der Waals surface area contributed by atoms with Crippen LogP contribution in [0.2, 0.25) is 0 Å². The van der Waals surface area contributed by atoms with E-state index in [4.69, 9.17) is 0 Å². The van der Waals surface area contributed by atoms with Crippen molar-refractivity contribution < 1.29 is 9.00 Å². The van der Waals surface area contributed by atoms with Crippen molar-refractivity contribution >= 4 is 23.2 Å². The fraction of sp³-hybridized carbons (Fsp3) is 0.318. The molecule has 25 heavy (non-hydrogen) atoms. The summed E-state index contributed by atoms with van der Waals surface area (Å²) in [5.41, 5.74) is 2.16. The molecule has 2 nitrogen and oxygen atoms in total. The standard InChI is InChI=1S/C22H26O2S/c1-3-4-10-20(15-16-23)22(17-19-8-6-5-7-9-19)25(24)21-13-11-18(2)12-14-21/h5-9,11-14,16-17,20H,3-4,10,15H2,1-2H3/b22-17+/t20-,25?/m0/s1. The van der Waals surface area contributed by atoms with Crippen LogP contribution in [0.15, 0.2) is 64.4 Å². The lowest BCUT2D eigenvalue weighted by atomic mass is 9.97. The minimum atomic E-state index is -1.26. The van der Waals surface area contributed by atoms with Crippen LogP contribution >= 0.6 is 0 Å². The summed E-state index contributed by atoms with van der Waals surface area (Å²) in [4.78, 5) is 12.8. The van der Waals surface area contributed by atoms with Gasteiger partial charge in [-0.05, 0) is 43.0 Å². The second-order valence-electron chi connectivity index (χ2n) is 6.28. The molecule has 0 saturated carbocycles. The van der Waals surface area contributed by atoms with Crippen LogP contribution in [-0.2, 0) is 15.6 Å². The molecule has 2 aromatic carbocycles. The second-order valence-corrected chi connectivity index (χ2v) is 7.76. The third-order valence-electron chi connectivity index (χ3n) is 4.25. The highest BCUT2D eigenvalue weighted by atomic mass is 32.2. The number of hydrogen-bond donors (Lipinski definition) is 0. The third kappa shape index (κ3) is 5.79. The predicted octanol–water partition coefficient (Wildman–Crippen LogP) is 5.54. The van der Waals surface area contributed by atoms with Crippen LogP contribution in [0, 0.1) is 12.8 Å². The number of allylic oxidation sites excluding steroid dienone is 1. The van der Waals surface area contributed by atoms with Crippen LogP contribution in [0.4, 0.5) is 0 Å². The Morgan fingerprint density at radius 3 is 2.36 bits per heavy atom. The van der Waals surface area contributed by atoms with E-state index in [0.717, 1.165) is 46.5 Å². The molecule has 0 saturated heterocycles. The van der Waals surface area contributed by atoms with Gasteiger partial charge in [0.1, 0.15) is 6.29 Å². The number of rotatable bonds is 9. The summed E-state index contributed by atoms with van der Waals surface area (Å²) in [6, 6.07) is 17.7. The Morgan fingerprint density at radius 2 is 1.76 bits per heavy atom. The van der Waals surface area contributed by atoms with Crippen molar-refractivity contribution in [1.29, 1.82) is 0 Å². The van der Waals surface area contributed by atoms with E-state index in [0.29, 0.717) is 6.42 Å². The molecule has 1 unspecified atom stereocenters. The highest BCUT2D eigenvalue weighted by Gasteiger charge is 2.21. The summed E-state index contributed by atoms with van der Waals surface area (Å²) in [6.07, 6.45) is 6.33. The number of benzene rings is 2. The maximum absolute atomic E-state index is 13.3. The summed E-state index contributed by atoms with van der Waals surface area (Å²) in [5.74, 6) is 0.0137. The molecule has 0 bridgehead atoms. The average molecular weight is 355 g/mol. The first-order chi connectivity index (χ1) is 12.2. The van der Waals surface area contributed by atoms with Gasteiger partial charge in [-0.25, -0.2) is 4.21 Å². The minimum absolute atomic E-state index is 0.0137. The highest BCUT2D eigenvalue weighted by molar-refractivity contribution is 7.89. The lowest BCUT2D eigenvalue weighted by molar-refractivity contribution is -0.108. The average Bonchev–Trinajstić information content (AvgIpc) is 2.64. The maximum Gasteiger partial charge on any atom is 0.120 e. The molecule has 2 aromatic rings. The Hall–Kier alpha value is -2.00. The largest absolute Gasteiger partial charge is 0.303 e. The van der Waals surface area contributed by atoms with Gasteiger partial charge < -0.3 is 4.79 Å². The van der Waals surface area contributed by atoms with Crippen LogP contribution in [0.5, 0.6) is 0 Å². The van der Waals surface area contributed by atoms with Crippen LogP contribution in [0.3, 0.4) is 0 Å². The topological polar surface area (TPSA) is 34.1 Å². The van der Waals surface area contributed by atoms with Crippen molar-refractivity contribution in [1.82, 2.24) is 0 Å². The summed E-state index contributed by atoms with van der Waals surface area (Å²) in [5, 5.41) is 0. The number of hydrogen-bond acceptors (Lipinski definition) is 2. The van der Waals surface area contributed by atoms with Gasteiger partial charge in [0.15, 0.2) is 0 Å².